The van der Waals surface area contributed by atoms with Gasteiger partial charge in [0.05, 0.1) is 12.2 Å². The highest BCUT2D eigenvalue weighted by Crippen LogP contribution is 2.74. The second kappa shape index (κ2) is 9.29. The SMILES string of the molecule is CC1(C)CCC2(COC(=O)N3CCCC3)CCC3(C)C(C(=O)C=C4C5(C)C=C(C#N)C(=O)C(C)(C)C5CCC43C)C2C1. The van der Waals surface area contributed by atoms with Gasteiger partial charge in [-0.1, -0.05) is 60.1 Å². The van der Waals surface area contributed by atoms with Crippen LogP contribution in [0, 0.1) is 61.6 Å². The summed E-state index contributed by atoms with van der Waals surface area (Å²) in [5.41, 5.74) is -0.360. The number of amides is 1. The minimum absolute atomic E-state index is 0.0446. The molecule has 1 heterocycles. The Hall–Kier alpha value is -2.42. The van der Waals surface area contributed by atoms with Crippen molar-refractivity contribution >= 4 is 17.7 Å². The van der Waals surface area contributed by atoms with Crippen LogP contribution in [-0.4, -0.2) is 42.3 Å². The maximum absolute atomic E-state index is 14.6. The largest absolute Gasteiger partial charge is 0.449 e. The van der Waals surface area contributed by atoms with E-state index in [0.717, 1.165) is 76.5 Å². The van der Waals surface area contributed by atoms with E-state index >= 15 is 0 Å². The second-order valence-corrected chi connectivity index (χ2v) is 16.9. The van der Waals surface area contributed by atoms with Crippen molar-refractivity contribution in [1.82, 2.24) is 4.90 Å². The fourth-order valence-electron chi connectivity index (χ4n) is 11.2. The molecule has 228 valence electrons. The third kappa shape index (κ3) is 3.90. The maximum atomic E-state index is 14.6. The molecule has 0 aromatic carbocycles. The number of ketones is 2. The van der Waals surface area contributed by atoms with E-state index in [1.165, 1.54) is 0 Å². The van der Waals surface area contributed by atoms with Crippen LogP contribution in [0.3, 0.4) is 0 Å². The van der Waals surface area contributed by atoms with Crippen LogP contribution >= 0.6 is 0 Å². The Bertz CT molecular complexity index is 1330. The molecule has 6 rings (SSSR count). The van der Waals surface area contributed by atoms with Crippen LogP contribution in [-0.2, 0) is 14.3 Å². The number of nitriles is 1. The number of ether oxygens (including phenoxy) is 1. The number of carbonyl (C=O) groups is 3. The van der Waals surface area contributed by atoms with Crippen molar-refractivity contribution in [1.29, 1.82) is 5.26 Å². The number of hydrogen-bond acceptors (Lipinski definition) is 5. The van der Waals surface area contributed by atoms with Crippen molar-refractivity contribution in [3.05, 3.63) is 23.3 Å². The van der Waals surface area contributed by atoms with E-state index < -0.39 is 10.8 Å². The number of allylic oxidation sites excluding steroid dienone is 4. The smallest absolute Gasteiger partial charge is 0.409 e. The Labute approximate surface area is 252 Å². The quantitative estimate of drug-likeness (QED) is 0.342. The lowest BCUT2D eigenvalue weighted by Crippen LogP contribution is -2.65. The van der Waals surface area contributed by atoms with Crippen LogP contribution in [0.1, 0.15) is 106 Å². The van der Waals surface area contributed by atoms with Crippen molar-refractivity contribution in [2.75, 3.05) is 19.7 Å². The van der Waals surface area contributed by atoms with E-state index in [-0.39, 0.29) is 62.6 Å². The van der Waals surface area contributed by atoms with Gasteiger partial charge in [-0.2, -0.15) is 5.26 Å². The molecular weight excluding hydrogens is 524 g/mol. The molecule has 6 nitrogen and oxygen atoms in total. The molecule has 6 aliphatic rings. The van der Waals surface area contributed by atoms with Gasteiger partial charge in [0, 0.05) is 35.3 Å². The number of hydrogen-bond donors (Lipinski definition) is 0. The summed E-state index contributed by atoms with van der Waals surface area (Å²) in [4.78, 5) is 42.8. The standard InChI is InChI=1S/C36H50N2O4/c1-31(2)12-14-36(22-42-30(41)38-16-8-9-17-38)15-13-35(7)28(24(36)20-31)25(39)18-27-33(5)19-23(21-37)29(40)32(3,4)26(33)10-11-34(27,35)6/h18-19,24,26,28H,8-17,20,22H2,1-7H3. The predicted octanol–water partition coefficient (Wildman–Crippen LogP) is 7.44. The topological polar surface area (TPSA) is 87.5 Å². The lowest BCUT2D eigenvalue weighted by molar-refractivity contribution is -0.178. The fraction of sp³-hybridized carbons (Fsp3) is 0.778. The van der Waals surface area contributed by atoms with Crippen molar-refractivity contribution in [3.63, 3.8) is 0 Å². The van der Waals surface area contributed by atoms with Gasteiger partial charge >= 0.3 is 6.09 Å². The molecule has 1 amide bonds. The molecule has 3 saturated carbocycles. The summed E-state index contributed by atoms with van der Waals surface area (Å²) in [7, 11) is 0. The molecule has 7 atom stereocenters. The van der Waals surface area contributed by atoms with Gasteiger partial charge in [-0.3, -0.25) is 9.59 Å². The molecular formula is C36H50N2O4. The van der Waals surface area contributed by atoms with Crippen LogP contribution in [0.2, 0.25) is 0 Å². The molecule has 6 heteroatoms. The summed E-state index contributed by atoms with van der Waals surface area (Å²) in [5, 5.41) is 9.95. The molecule has 0 radical (unpaired) electrons. The molecule has 0 bridgehead atoms. The van der Waals surface area contributed by atoms with Gasteiger partial charge in [0.1, 0.15) is 6.07 Å². The molecule has 0 N–H and O–H groups in total. The molecule has 42 heavy (non-hydrogen) atoms. The summed E-state index contributed by atoms with van der Waals surface area (Å²) in [5.74, 6) is 0.184. The van der Waals surface area contributed by atoms with Crippen molar-refractivity contribution < 1.29 is 19.1 Å². The zero-order chi connectivity index (χ0) is 30.5. The molecule has 5 aliphatic carbocycles. The highest BCUT2D eigenvalue weighted by atomic mass is 16.6. The first kappa shape index (κ1) is 29.6. The molecule has 1 saturated heterocycles. The Morgan fingerprint density at radius 1 is 1.00 bits per heavy atom. The summed E-state index contributed by atoms with van der Waals surface area (Å²) in [6, 6.07) is 2.20. The van der Waals surface area contributed by atoms with E-state index in [1.807, 2.05) is 30.9 Å². The summed E-state index contributed by atoms with van der Waals surface area (Å²) < 4.78 is 6.11. The Kier molecular flexibility index (Phi) is 6.56. The Balaban J connectivity index is 1.42. The first-order chi connectivity index (χ1) is 19.5. The monoisotopic (exact) mass is 574 g/mol. The van der Waals surface area contributed by atoms with Crippen LogP contribution in [0.15, 0.2) is 23.3 Å². The van der Waals surface area contributed by atoms with Gasteiger partial charge in [0.2, 0.25) is 0 Å². The molecule has 7 unspecified atom stereocenters. The zero-order valence-corrected chi connectivity index (χ0v) is 26.9. The number of rotatable bonds is 2. The number of fused-ring (bicyclic) bond motifs is 7. The molecule has 1 aliphatic heterocycles. The Morgan fingerprint density at radius 2 is 1.67 bits per heavy atom. The van der Waals surface area contributed by atoms with Crippen molar-refractivity contribution in [3.8, 4) is 6.07 Å². The van der Waals surface area contributed by atoms with Gasteiger partial charge in [-0.15, -0.1) is 0 Å². The number of nitrogens with zero attached hydrogens (tertiary/aromatic N) is 2. The van der Waals surface area contributed by atoms with Crippen molar-refractivity contribution in [2.24, 2.45) is 50.2 Å². The van der Waals surface area contributed by atoms with E-state index in [1.54, 1.807) is 0 Å². The van der Waals surface area contributed by atoms with Gasteiger partial charge in [-0.05, 0) is 91.9 Å². The normalized spacial score (nSPS) is 43.6. The predicted molar refractivity (Wildman–Crippen MR) is 161 cm³/mol. The Morgan fingerprint density at radius 3 is 2.33 bits per heavy atom. The van der Waals surface area contributed by atoms with Crippen molar-refractivity contribution in [2.45, 2.75) is 106 Å². The highest BCUT2D eigenvalue weighted by molar-refractivity contribution is 6.04. The fourth-order valence-corrected chi connectivity index (χ4v) is 11.2. The van der Waals surface area contributed by atoms with Crippen LogP contribution in [0.4, 0.5) is 4.79 Å². The summed E-state index contributed by atoms with van der Waals surface area (Å²) in [6.45, 7) is 17.5. The highest BCUT2D eigenvalue weighted by Gasteiger charge is 2.70. The van der Waals surface area contributed by atoms with Gasteiger partial charge in [0.15, 0.2) is 11.6 Å². The third-order valence-electron chi connectivity index (χ3n) is 13.9. The number of carbonyl (C=O) groups excluding carboxylic acids is 3. The molecule has 4 fully saturated rings. The minimum atomic E-state index is -0.661. The number of Topliss-reactive ketones (excluding diaryl/α,β-unsaturated/α-hetero) is 1. The van der Waals surface area contributed by atoms with E-state index in [2.05, 4.69) is 40.7 Å². The van der Waals surface area contributed by atoms with Gasteiger partial charge < -0.3 is 9.64 Å². The third-order valence-corrected chi connectivity index (χ3v) is 13.9. The van der Waals surface area contributed by atoms with E-state index in [9.17, 15) is 19.6 Å². The average Bonchev–Trinajstić information content (AvgIpc) is 3.46. The van der Waals surface area contributed by atoms with Gasteiger partial charge in [-0.25, -0.2) is 4.79 Å². The first-order valence-electron chi connectivity index (χ1n) is 16.4. The van der Waals surface area contributed by atoms with E-state index in [0.29, 0.717) is 6.61 Å². The molecule has 0 spiro atoms. The zero-order valence-electron chi connectivity index (χ0n) is 26.9. The minimum Gasteiger partial charge on any atom is -0.449 e. The summed E-state index contributed by atoms with van der Waals surface area (Å²) >= 11 is 0. The average molecular weight is 575 g/mol. The van der Waals surface area contributed by atoms with Crippen LogP contribution in [0.25, 0.3) is 0 Å². The van der Waals surface area contributed by atoms with Gasteiger partial charge in [0.25, 0.3) is 0 Å². The molecule has 0 aromatic heterocycles. The lowest BCUT2D eigenvalue weighted by atomic mass is 9.34. The summed E-state index contributed by atoms with van der Waals surface area (Å²) in [6.07, 6.45) is 12.5. The molecule has 0 aromatic rings. The second-order valence-electron chi connectivity index (χ2n) is 16.9. The van der Waals surface area contributed by atoms with Crippen LogP contribution < -0.4 is 0 Å². The maximum Gasteiger partial charge on any atom is 0.409 e. The van der Waals surface area contributed by atoms with Crippen LogP contribution in [0.5, 0.6) is 0 Å². The first-order valence-corrected chi connectivity index (χ1v) is 16.4. The number of likely N-dealkylation sites (tertiary alicyclic amines) is 1. The van der Waals surface area contributed by atoms with E-state index in [4.69, 9.17) is 4.74 Å². The lowest BCUT2D eigenvalue weighted by Gasteiger charge is -2.69.